The summed E-state index contributed by atoms with van der Waals surface area (Å²) in [6, 6.07) is 1.60. The Morgan fingerprint density at radius 3 is 2.59 bits per heavy atom. The van der Waals surface area contributed by atoms with Gasteiger partial charge in [0.2, 0.25) is 0 Å². The normalized spacial score (nSPS) is 18.7. The van der Waals surface area contributed by atoms with Crippen molar-refractivity contribution >= 4 is 5.97 Å². The zero-order valence-electron chi connectivity index (χ0n) is 15.5. The van der Waals surface area contributed by atoms with Crippen LogP contribution >= 0.6 is 0 Å². The van der Waals surface area contributed by atoms with Gasteiger partial charge in [0.25, 0.3) is 0 Å². The molecule has 1 fully saturated rings. The van der Waals surface area contributed by atoms with Crippen molar-refractivity contribution in [3.05, 3.63) is 28.8 Å². The van der Waals surface area contributed by atoms with Gasteiger partial charge in [-0.05, 0) is 43.0 Å². The van der Waals surface area contributed by atoms with Gasteiger partial charge in [0.1, 0.15) is 25.1 Å². The minimum Gasteiger partial charge on any atom is -0.491 e. The second-order valence-electron chi connectivity index (χ2n) is 7.06. The molecule has 2 rings (SSSR count). The summed E-state index contributed by atoms with van der Waals surface area (Å²) in [5, 5.41) is 9.40. The fourth-order valence-electron chi connectivity index (χ4n) is 3.45. The Hall–Kier alpha value is -1.83. The van der Waals surface area contributed by atoms with E-state index < -0.39 is 36.3 Å². The van der Waals surface area contributed by atoms with Crippen LogP contribution in [0.5, 0.6) is 5.75 Å². The minimum absolute atomic E-state index is 0.0139. The first-order valence-corrected chi connectivity index (χ1v) is 9.04. The highest BCUT2D eigenvalue weighted by atomic mass is 19.4. The predicted molar refractivity (Wildman–Crippen MR) is 92.7 cm³/mol. The molecule has 0 aromatic heterocycles. The van der Waals surface area contributed by atoms with E-state index in [1.54, 1.807) is 18.7 Å². The number of hydrogen-bond acceptors (Lipinski definition) is 3. The Morgan fingerprint density at radius 1 is 1.33 bits per heavy atom. The van der Waals surface area contributed by atoms with Crippen LogP contribution in [0.4, 0.5) is 17.6 Å². The SMILES string of the molecule is CC(C)c1cc(OCCF)c(CN2CCCC[C@H]2C(=O)O)cc1C(F)(F)F. The number of carbonyl (C=O) groups is 1. The monoisotopic (exact) mass is 391 g/mol. The van der Waals surface area contributed by atoms with Crippen molar-refractivity contribution < 1.29 is 32.2 Å². The molecule has 1 aliphatic heterocycles. The first kappa shape index (κ1) is 21.5. The Kier molecular flexibility index (Phi) is 7.08. The molecule has 27 heavy (non-hydrogen) atoms. The first-order chi connectivity index (χ1) is 12.6. The lowest BCUT2D eigenvalue weighted by molar-refractivity contribution is -0.145. The molecule has 152 valence electrons. The molecule has 0 radical (unpaired) electrons. The summed E-state index contributed by atoms with van der Waals surface area (Å²) in [5.74, 6) is -1.21. The van der Waals surface area contributed by atoms with Crippen LogP contribution in [-0.4, -0.2) is 41.8 Å². The number of hydrogen-bond donors (Lipinski definition) is 1. The van der Waals surface area contributed by atoms with E-state index in [0.717, 1.165) is 18.9 Å². The summed E-state index contributed by atoms with van der Waals surface area (Å²) in [7, 11) is 0. The molecule has 8 heteroatoms. The molecule has 1 heterocycles. The van der Waals surface area contributed by atoms with E-state index in [0.29, 0.717) is 13.0 Å². The Labute approximate surface area is 156 Å². The standard InChI is InChI=1S/C19H25F4NO3/c1-12(2)14-10-17(27-8-6-20)13(9-15(14)19(21,22)23)11-24-7-4-3-5-16(24)18(25)26/h9-10,12,16H,3-8,11H2,1-2H3,(H,25,26)/t16-/m0/s1. The minimum atomic E-state index is -4.54. The zero-order chi connectivity index (χ0) is 20.2. The fourth-order valence-corrected chi connectivity index (χ4v) is 3.45. The van der Waals surface area contributed by atoms with Crippen LogP contribution < -0.4 is 4.74 Å². The van der Waals surface area contributed by atoms with Crippen molar-refractivity contribution in [2.24, 2.45) is 0 Å². The third-order valence-corrected chi connectivity index (χ3v) is 4.77. The molecule has 4 nitrogen and oxygen atoms in total. The smallest absolute Gasteiger partial charge is 0.416 e. The summed E-state index contributed by atoms with van der Waals surface area (Å²) in [6.07, 6.45) is -2.55. The molecular weight excluding hydrogens is 366 g/mol. The zero-order valence-corrected chi connectivity index (χ0v) is 15.5. The molecule has 1 saturated heterocycles. The molecule has 0 unspecified atom stereocenters. The van der Waals surface area contributed by atoms with Crippen molar-refractivity contribution in [3.8, 4) is 5.75 Å². The van der Waals surface area contributed by atoms with Gasteiger partial charge in [-0.25, -0.2) is 4.39 Å². The van der Waals surface area contributed by atoms with Crippen LogP contribution in [0.25, 0.3) is 0 Å². The van der Waals surface area contributed by atoms with Crippen LogP contribution in [0.2, 0.25) is 0 Å². The van der Waals surface area contributed by atoms with Gasteiger partial charge in [-0.2, -0.15) is 13.2 Å². The van der Waals surface area contributed by atoms with Gasteiger partial charge >= 0.3 is 12.1 Å². The summed E-state index contributed by atoms with van der Waals surface area (Å²) in [5.41, 5.74) is -0.453. The maximum atomic E-state index is 13.5. The van der Waals surface area contributed by atoms with Crippen LogP contribution in [0, 0.1) is 0 Å². The van der Waals surface area contributed by atoms with E-state index in [-0.39, 0.29) is 30.0 Å². The van der Waals surface area contributed by atoms with Crippen molar-refractivity contribution in [2.75, 3.05) is 19.8 Å². The largest absolute Gasteiger partial charge is 0.491 e. The number of likely N-dealkylation sites (tertiary alicyclic amines) is 1. The number of piperidine rings is 1. The highest BCUT2D eigenvalue weighted by molar-refractivity contribution is 5.73. The van der Waals surface area contributed by atoms with Crippen molar-refractivity contribution in [3.63, 3.8) is 0 Å². The molecule has 0 saturated carbocycles. The van der Waals surface area contributed by atoms with Gasteiger partial charge in [-0.3, -0.25) is 9.69 Å². The van der Waals surface area contributed by atoms with Gasteiger partial charge in [0, 0.05) is 12.1 Å². The van der Waals surface area contributed by atoms with E-state index in [4.69, 9.17) is 4.74 Å². The number of benzene rings is 1. The molecule has 1 N–H and O–H groups in total. The van der Waals surface area contributed by atoms with Crippen molar-refractivity contribution in [1.82, 2.24) is 4.90 Å². The van der Waals surface area contributed by atoms with E-state index in [1.165, 1.54) is 6.07 Å². The average Bonchev–Trinajstić information content (AvgIpc) is 2.59. The van der Waals surface area contributed by atoms with Gasteiger partial charge < -0.3 is 9.84 Å². The molecule has 0 spiro atoms. The van der Waals surface area contributed by atoms with Gasteiger partial charge in [-0.15, -0.1) is 0 Å². The lowest BCUT2D eigenvalue weighted by Gasteiger charge is -2.33. The average molecular weight is 391 g/mol. The Morgan fingerprint density at radius 2 is 2.04 bits per heavy atom. The highest BCUT2D eigenvalue weighted by Crippen LogP contribution is 2.39. The van der Waals surface area contributed by atoms with Crippen LogP contribution in [0.3, 0.4) is 0 Å². The van der Waals surface area contributed by atoms with Crippen molar-refractivity contribution in [1.29, 1.82) is 0 Å². The molecular formula is C19H25F4NO3. The number of rotatable bonds is 7. The summed E-state index contributed by atoms with van der Waals surface area (Å²) < 4.78 is 58.6. The van der Waals surface area contributed by atoms with Gasteiger partial charge in [0.05, 0.1) is 5.56 Å². The second-order valence-corrected chi connectivity index (χ2v) is 7.06. The number of carboxylic acids is 1. The third kappa shape index (κ3) is 5.34. The topological polar surface area (TPSA) is 49.8 Å². The fraction of sp³-hybridized carbons (Fsp3) is 0.632. The quantitative estimate of drug-likeness (QED) is 0.690. The summed E-state index contributed by atoms with van der Waals surface area (Å²) >= 11 is 0. The Balaban J connectivity index is 2.46. The highest BCUT2D eigenvalue weighted by Gasteiger charge is 2.36. The molecule has 0 aliphatic carbocycles. The van der Waals surface area contributed by atoms with E-state index in [2.05, 4.69) is 0 Å². The van der Waals surface area contributed by atoms with Gasteiger partial charge in [-0.1, -0.05) is 20.3 Å². The Bertz CT molecular complexity index is 661. The number of halogens is 4. The maximum Gasteiger partial charge on any atom is 0.416 e. The molecule has 1 atom stereocenters. The number of alkyl halides is 4. The third-order valence-electron chi connectivity index (χ3n) is 4.77. The molecule has 1 aromatic rings. The summed E-state index contributed by atoms with van der Waals surface area (Å²) in [6.45, 7) is 2.76. The van der Waals surface area contributed by atoms with E-state index in [9.17, 15) is 27.5 Å². The lowest BCUT2D eigenvalue weighted by Crippen LogP contribution is -2.44. The molecule has 1 aromatic carbocycles. The van der Waals surface area contributed by atoms with Gasteiger partial charge in [0.15, 0.2) is 0 Å². The molecule has 0 amide bonds. The van der Waals surface area contributed by atoms with Crippen LogP contribution in [0.1, 0.15) is 55.7 Å². The second kappa shape index (κ2) is 8.91. The number of ether oxygens (including phenoxy) is 1. The molecule has 0 bridgehead atoms. The molecule has 1 aliphatic rings. The maximum absolute atomic E-state index is 13.5. The van der Waals surface area contributed by atoms with E-state index >= 15 is 0 Å². The predicted octanol–water partition coefficient (Wildman–Crippen LogP) is 4.62. The first-order valence-electron chi connectivity index (χ1n) is 9.04. The van der Waals surface area contributed by atoms with Crippen LogP contribution in [0.15, 0.2) is 12.1 Å². The number of aliphatic carboxylic acids is 1. The van der Waals surface area contributed by atoms with E-state index in [1.807, 2.05) is 0 Å². The summed E-state index contributed by atoms with van der Waals surface area (Å²) in [4.78, 5) is 13.1. The number of carboxylic acid groups (broad SMARTS) is 1. The van der Waals surface area contributed by atoms with Crippen molar-refractivity contribution in [2.45, 2.75) is 57.8 Å². The number of nitrogens with zero attached hydrogens (tertiary/aromatic N) is 1. The van der Waals surface area contributed by atoms with Crippen LogP contribution in [-0.2, 0) is 17.5 Å². The lowest BCUT2D eigenvalue weighted by atomic mass is 9.93.